The highest BCUT2D eigenvalue weighted by Crippen LogP contribution is 2.20. The third-order valence-corrected chi connectivity index (χ3v) is 2.74. The minimum absolute atomic E-state index is 0.999. The number of rotatable bonds is 3. The van der Waals surface area contributed by atoms with E-state index < -0.39 is 0 Å². The fraction of sp³-hybridized carbons (Fsp3) is 0.200. The molecule has 2 heteroatoms. The van der Waals surface area contributed by atoms with E-state index in [-0.39, 0.29) is 0 Å². The molecule has 2 aromatic rings. The van der Waals surface area contributed by atoms with E-state index in [0.717, 1.165) is 23.4 Å². The third kappa shape index (κ3) is 2.78. The fourth-order valence-electron chi connectivity index (χ4n) is 1.74. The summed E-state index contributed by atoms with van der Waals surface area (Å²) in [5, 5.41) is 0. The van der Waals surface area contributed by atoms with Crippen LogP contribution in [0, 0.1) is 0 Å². The first-order chi connectivity index (χ1) is 8.31. The van der Waals surface area contributed by atoms with Crippen molar-refractivity contribution in [2.24, 2.45) is 4.99 Å². The number of hydrogen-bond donors (Lipinski definition) is 0. The number of benzene rings is 1. The maximum absolute atomic E-state index is 4.68. The third-order valence-electron chi connectivity index (χ3n) is 2.74. The lowest BCUT2D eigenvalue weighted by molar-refractivity contribution is 1.13. The summed E-state index contributed by atoms with van der Waals surface area (Å²) in [5.41, 5.74) is 4.39. The van der Waals surface area contributed by atoms with Gasteiger partial charge in [0.05, 0.1) is 5.69 Å². The van der Waals surface area contributed by atoms with Gasteiger partial charge in [0.2, 0.25) is 0 Å². The Bertz CT molecular complexity index is 515. The van der Waals surface area contributed by atoms with Crippen molar-refractivity contribution in [3.8, 4) is 0 Å². The maximum atomic E-state index is 4.68. The predicted molar refractivity (Wildman–Crippen MR) is 71.9 cm³/mol. The summed E-state index contributed by atoms with van der Waals surface area (Å²) in [6.45, 7) is 4.16. The zero-order chi connectivity index (χ0) is 12.1. The van der Waals surface area contributed by atoms with Gasteiger partial charge in [-0.1, -0.05) is 31.2 Å². The summed E-state index contributed by atoms with van der Waals surface area (Å²) in [4.78, 5) is 8.79. The van der Waals surface area contributed by atoms with Crippen LogP contribution in [0.3, 0.4) is 0 Å². The quantitative estimate of drug-likeness (QED) is 0.728. The Morgan fingerprint density at radius 2 is 2.00 bits per heavy atom. The monoisotopic (exact) mass is 224 g/mol. The van der Waals surface area contributed by atoms with Crippen molar-refractivity contribution in [3.05, 3.63) is 59.9 Å². The average molecular weight is 224 g/mol. The summed E-state index contributed by atoms with van der Waals surface area (Å²) in [5.74, 6) is 0. The highest BCUT2D eigenvalue weighted by atomic mass is 14.8. The van der Waals surface area contributed by atoms with E-state index >= 15 is 0 Å². The van der Waals surface area contributed by atoms with Gasteiger partial charge in [0, 0.05) is 23.7 Å². The van der Waals surface area contributed by atoms with E-state index in [0.29, 0.717) is 0 Å². The molecule has 0 spiro atoms. The van der Waals surface area contributed by atoms with Crippen LogP contribution < -0.4 is 0 Å². The summed E-state index contributed by atoms with van der Waals surface area (Å²) < 4.78 is 0. The molecule has 0 saturated carbocycles. The van der Waals surface area contributed by atoms with Gasteiger partial charge in [-0.05, 0) is 31.0 Å². The molecule has 0 aliphatic carbocycles. The van der Waals surface area contributed by atoms with Crippen molar-refractivity contribution >= 4 is 11.4 Å². The Kier molecular flexibility index (Phi) is 3.66. The molecule has 1 aromatic carbocycles. The van der Waals surface area contributed by atoms with Gasteiger partial charge in [-0.15, -0.1) is 0 Å². The molecule has 0 saturated heterocycles. The zero-order valence-corrected chi connectivity index (χ0v) is 10.2. The van der Waals surface area contributed by atoms with Crippen LogP contribution in [0.15, 0.2) is 53.8 Å². The van der Waals surface area contributed by atoms with Crippen LogP contribution in [-0.4, -0.2) is 10.7 Å². The van der Waals surface area contributed by atoms with E-state index in [2.05, 4.69) is 35.1 Å². The summed E-state index contributed by atoms with van der Waals surface area (Å²) in [6.07, 6.45) is 4.62. The Morgan fingerprint density at radius 3 is 2.71 bits per heavy atom. The molecule has 0 amide bonds. The molecule has 0 aliphatic rings. The van der Waals surface area contributed by atoms with Crippen LogP contribution in [0.25, 0.3) is 0 Å². The highest BCUT2D eigenvalue weighted by molar-refractivity contribution is 6.00. The molecule has 0 unspecified atom stereocenters. The molecule has 86 valence electrons. The Hall–Kier alpha value is -1.96. The molecule has 0 atom stereocenters. The predicted octanol–water partition coefficient (Wildman–Crippen LogP) is 3.78. The van der Waals surface area contributed by atoms with Crippen molar-refractivity contribution in [2.45, 2.75) is 20.3 Å². The number of nitrogens with zero attached hydrogens (tertiary/aromatic N) is 2. The van der Waals surface area contributed by atoms with Gasteiger partial charge in [0.25, 0.3) is 0 Å². The summed E-state index contributed by atoms with van der Waals surface area (Å²) in [6, 6.07) is 12.2. The van der Waals surface area contributed by atoms with Crippen LogP contribution >= 0.6 is 0 Å². The van der Waals surface area contributed by atoms with E-state index in [9.17, 15) is 0 Å². The Balaban J connectivity index is 2.36. The average Bonchev–Trinajstić information content (AvgIpc) is 2.40. The Labute approximate surface area is 102 Å². The van der Waals surface area contributed by atoms with Crippen molar-refractivity contribution in [2.75, 3.05) is 0 Å². The minimum Gasteiger partial charge on any atom is -0.264 e. The topological polar surface area (TPSA) is 25.2 Å². The standard InChI is InChI=1S/C15H16N2/c1-3-13-7-4-5-9-15(13)17-12(2)14-8-6-10-16-11-14/h4-11H,3H2,1-2H3. The fourth-order valence-corrected chi connectivity index (χ4v) is 1.74. The molecule has 17 heavy (non-hydrogen) atoms. The molecule has 0 fully saturated rings. The molecule has 1 aromatic heterocycles. The number of aromatic nitrogens is 1. The van der Waals surface area contributed by atoms with Crippen molar-refractivity contribution in [3.63, 3.8) is 0 Å². The highest BCUT2D eigenvalue weighted by Gasteiger charge is 2.00. The van der Waals surface area contributed by atoms with Gasteiger partial charge in [0.15, 0.2) is 0 Å². The lowest BCUT2D eigenvalue weighted by atomic mass is 10.1. The van der Waals surface area contributed by atoms with E-state index in [1.165, 1.54) is 5.56 Å². The maximum Gasteiger partial charge on any atom is 0.0664 e. The van der Waals surface area contributed by atoms with Gasteiger partial charge in [0.1, 0.15) is 0 Å². The van der Waals surface area contributed by atoms with Crippen molar-refractivity contribution < 1.29 is 0 Å². The second-order valence-corrected chi connectivity index (χ2v) is 3.92. The second-order valence-electron chi connectivity index (χ2n) is 3.92. The van der Waals surface area contributed by atoms with Crippen molar-refractivity contribution in [1.82, 2.24) is 4.98 Å². The second kappa shape index (κ2) is 5.39. The Morgan fingerprint density at radius 1 is 1.18 bits per heavy atom. The van der Waals surface area contributed by atoms with Gasteiger partial charge in [-0.2, -0.15) is 0 Å². The molecule has 0 aliphatic heterocycles. The number of aliphatic imine (C=N–C) groups is 1. The lowest BCUT2D eigenvalue weighted by Crippen LogP contribution is -1.94. The smallest absolute Gasteiger partial charge is 0.0664 e. The van der Waals surface area contributed by atoms with Gasteiger partial charge in [-0.3, -0.25) is 9.98 Å². The molecule has 1 heterocycles. The normalized spacial score (nSPS) is 11.5. The molecule has 2 nitrogen and oxygen atoms in total. The molecule has 0 N–H and O–H groups in total. The van der Waals surface area contributed by atoms with Crippen LogP contribution in [0.2, 0.25) is 0 Å². The number of para-hydroxylation sites is 1. The molecule has 0 bridgehead atoms. The largest absolute Gasteiger partial charge is 0.264 e. The summed E-state index contributed by atoms with van der Waals surface area (Å²) in [7, 11) is 0. The van der Waals surface area contributed by atoms with Crippen LogP contribution in [-0.2, 0) is 6.42 Å². The van der Waals surface area contributed by atoms with Crippen LogP contribution in [0.1, 0.15) is 25.0 Å². The lowest BCUT2D eigenvalue weighted by Gasteiger charge is -2.04. The SMILES string of the molecule is CCc1ccccc1N=C(C)c1cccnc1. The van der Waals surface area contributed by atoms with Crippen molar-refractivity contribution in [1.29, 1.82) is 0 Å². The van der Waals surface area contributed by atoms with Gasteiger partial charge < -0.3 is 0 Å². The zero-order valence-electron chi connectivity index (χ0n) is 10.2. The van der Waals surface area contributed by atoms with Crippen LogP contribution in [0.4, 0.5) is 5.69 Å². The van der Waals surface area contributed by atoms with Crippen LogP contribution in [0.5, 0.6) is 0 Å². The number of hydrogen-bond acceptors (Lipinski definition) is 2. The first kappa shape index (κ1) is 11.5. The first-order valence-electron chi connectivity index (χ1n) is 5.85. The first-order valence-corrected chi connectivity index (χ1v) is 5.85. The number of pyridine rings is 1. The van der Waals surface area contributed by atoms with Gasteiger partial charge >= 0.3 is 0 Å². The van der Waals surface area contributed by atoms with E-state index in [1.807, 2.05) is 31.3 Å². The van der Waals surface area contributed by atoms with E-state index in [4.69, 9.17) is 0 Å². The summed E-state index contributed by atoms with van der Waals surface area (Å²) >= 11 is 0. The molecular formula is C15H16N2. The molecule has 0 radical (unpaired) electrons. The number of aryl methyl sites for hydroxylation is 1. The molecular weight excluding hydrogens is 208 g/mol. The van der Waals surface area contributed by atoms with Gasteiger partial charge in [-0.25, -0.2) is 0 Å². The molecule has 2 rings (SSSR count). The van der Waals surface area contributed by atoms with E-state index in [1.54, 1.807) is 6.20 Å². The minimum atomic E-state index is 0.999.